The zero-order valence-corrected chi connectivity index (χ0v) is 12.5. The molecule has 0 radical (unpaired) electrons. The summed E-state index contributed by atoms with van der Waals surface area (Å²) in [6, 6.07) is 15.3. The van der Waals surface area contributed by atoms with Gasteiger partial charge >= 0.3 is 0 Å². The second-order valence-electron chi connectivity index (χ2n) is 4.40. The van der Waals surface area contributed by atoms with Gasteiger partial charge in [0.1, 0.15) is 12.9 Å². The second-order valence-corrected chi connectivity index (χ2v) is 5.31. The molecule has 4 nitrogen and oxygen atoms in total. The van der Waals surface area contributed by atoms with Gasteiger partial charge in [-0.1, -0.05) is 34.1 Å². The Morgan fingerprint density at radius 3 is 2.86 bits per heavy atom. The van der Waals surface area contributed by atoms with Gasteiger partial charge in [-0.25, -0.2) is 9.97 Å². The molecule has 1 aromatic heterocycles. The van der Waals surface area contributed by atoms with Crippen LogP contribution in [0.2, 0.25) is 0 Å². The molecule has 0 atom stereocenters. The highest BCUT2D eigenvalue weighted by Crippen LogP contribution is 2.25. The Labute approximate surface area is 130 Å². The lowest BCUT2D eigenvalue weighted by Crippen LogP contribution is -2.00. The SMILES string of the molecule is N#Cc1ccccc1COc1ncnc2ccc(Br)cc12. The first-order valence-electron chi connectivity index (χ1n) is 6.29. The van der Waals surface area contributed by atoms with Crippen LogP contribution in [-0.2, 0) is 6.61 Å². The summed E-state index contributed by atoms with van der Waals surface area (Å²) in [5.41, 5.74) is 2.26. The van der Waals surface area contributed by atoms with Crippen molar-refractivity contribution in [1.82, 2.24) is 9.97 Å². The molecule has 1 heterocycles. The van der Waals surface area contributed by atoms with Crippen molar-refractivity contribution < 1.29 is 4.74 Å². The van der Waals surface area contributed by atoms with Crippen LogP contribution in [0.1, 0.15) is 11.1 Å². The Bertz CT molecular complexity index is 842. The molecule has 0 spiro atoms. The molecule has 3 rings (SSSR count). The molecule has 0 amide bonds. The summed E-state index contributed by atoms with van der Waals surface area (Å²) < 4.78 is 6.72. The van der Waals surface area contributed by atoms with E-state index >= 15 is 0 Å². The Kier molecular flexibility index (Phi) is 3.80. The lowest BCUT2D eigenvalue weighted by Gasteiger charge is -2.09. The van der Waals surface area contributed by atoms with Crippen molar-refractivity contribution in [3.63, 3.8) is 0 Å². The summed E-state index contributed by atoms with van der Waals surface area (Å²) in [5, 5.41) is 9.92. The third kappa shape index (κ3) is 2.86. The van der Waals surface area contributed by atoms with E-state index in [-0.39, 0.29) is 0 Å². The number of benzene rings is 2. The molecule has 21 heavy (non-hydrogen) atoms. The van der Waals surface area contributed by atoms with Gasteiger partial charge in [0.15, 0.2) is 0 Å². The second kappa shape index (κ2) is 5.90. The zero-order chi connectivity index (χ0) is 14.7. The predicted molar refractivity (Wildman–Crippen MR) is 82.7 cm³/mol. The fraction of sp³-hybridized carbons (Fsp3) is 0.0625. The Balaban J connectivity index is 1.92. The van der Waals surface area contributed by atoms with Gasteiger partial charge in [-0.3, -0.25) is 0 Å². The molecular weight excluding hydrogens is 330 g/mol. The minimum absolute atomic E-state index is 0.294. The summed E-state index contributed by atoms with van der Waals surface area (Å²) in [6.45, 7) is 0.294. The van der Waals surface area contributed by atoms with Gasteiger partial charge in [-0.2, -0.15) is 5.26 Å². The maximum Gasteiger partial charge on any atom is 0.224 e. The van der Waals surface area contributed by atoms with Crippen LogP contribution in [0.5, 0.6) is 5.88 Å². The molecule has 5 heteroatoms. The first-order valence-corrected chi connectivity index (χ1v) is 7.08. The van der Waals surface area contributed by atoms with Crippen molar-refractivity contribution in [2.45, 2.75) is 6.61 Å². The van der Waals surface area contributed by atoms with E-state index in [0.29, 0.717) is 18.1 Å². The lowest BCUT2D eigenvalue weighted by molar-refractivity contribution is 0.297. The van der Waals surface area contributed by atoms with Gasteiger partial charge in [-0.15, -0.1) is 0 Å². The van der Waals surface area contributed by atoms with E-state index in [9.17, 15) is 0 Å². The van der Waals surface area contributed by atoms with Gasteiger partial charge in [-0.05, 0) is 24.3 Å². The van der Waals surface area contributed by atoms with Crippen LogP contribution in [0, 0.1) is 11.3 Å². The highest BCUT2D eigenvalue weighted by atomic mass is 79.9. The van der Waals surface area contributed by atoms with Crippen LogP contribution < -0.4 is 4.74 Å². The van der Waals surface area contributed by atoms with Crippen LogP contribution in [0.25, 0.3) is 10.9 Å². The van der Waals surface area contributed by atoms with E-state index in [1.165, 1.54) is 6.33 Å². The Morgan fingerprint density at radius 2 is 2.00 bits per heavy atom. The summed E-state index contributed by atoms with van der Waals surface area (Å²) in [7, 11) is 0. The standard InChI is InChI=1S/C16H10BrN3O/c17-13-5-6-15-14(7-13)16(20-10-19-15)21-9-12-4-2-1-3-11(12)8-18/h1-7,10H,9H2. The van der Waals surface area contributed by atoms with E-state index < -0.39 is 0 Å². The molecule has 0 aliphatic heterocycles. The molecule has 0 saturated heterocycles. The predicted octanol–water partition coefficient (Wildman–Crippen LogP) is 3.84. The molecule has 0 aliphatic rings. The summed E-state index contributed by atoms with van der Waals surface area (Å²) >= 11 is 3.43. The van der Waals surface area contributed by atoms with E-state index in [0.717, 1.165) is 20.9 Å². The van der Waals surface area contributed by atoms with Crippen LogP contribution in [-0.4, -0.2) is 9.97 Å². The van der Waals surface area contributed by atoms with E-state index in [2.05, 4.69) is 32.0 Å². The summed E-state index contributed by atoms with van der Waals surface area (Å²) in [5.74, 6) is 0.508. The molecule has 0 bridgehead atoms. The maximum atomic E-state index is 9.09. The van der Waals surface area contributed by atoms with Crippen LogP contribution in [0.15, 0.2) is 53.3 Å². The third-order valence-corrected chi connectivity index (χ3v) is 3.56. The number of hydrogen-bond donors (Lipinski definition) is 0. The summed E-state index contributed by atoms with van der Waals surface area (Å²) in [4.78, 5) is 8.39. The van der Waals surface area contributed by atoms with Crippen LogP contribution in [0.4, 0.5) is 0 Å². The van der Waals surface area contributed by atoms with Gasteiger partial charge in [0.05, 0.1) is 22.5 Å². The van der Waals surface area contributed by atoms with Crippen molar-refractivity contribution in [3.8, 4) is 11.9 Å². The number of rotatable bonds is 3. The fourth-order valence-corrected chi connectivity index (χ4v) is 2.38. The Morgan fingerprint density at radius 1 is 1.14 bits per heavy atom. The summed E-state index contributed by atoms with van der Waals surface area (Å²) in [6.07, 6.45) is 1.47. The number of halogens is 1. The van der Waals surface area contributed by atoms with E-state index in [1.54, 1.807) is 6.07 Å². The molecule has 102 valence electrons. The first kappa shape index (κ1) is 13.5. The van der Waals surface area contributed by atoms with Gasteiger partial charge in [0.2, 0.25) is 5.88 Å². The van der Waals surface area contributed by atoms with Crippen LogP contribution >= 0.6 is 15.9 Å². The Hall–Kier alpha value is -2.45. The minimum atomic E-state index is 0.294. The van der Waals surface area contributed by atoms with Crippen molar-refractivity contribution in [2.75, 3.05) is 0 Å². The highest BCUT2D eigenvalue weighted by molar-refractivity contribution is 9.10. The smallest absolute Gasteiger partial charge is 0.224 e. The zero-order valence-electron chi connectivity index (χ0n) is 11.0. The number of nitriles is 1. The largest absolute Gasteiger partial charge is 0.472 e. The average Bonchev–Trinajstić information content (AvgIpc) is 2.53. The van der Waals surface area contributed by atoms with Crippen molar-refractivity contribution in [2.24, 2.45) is 0 Å². The molecular formula is C16H10BrN3O. The average molecular weight is 340 g/mol. The van der Waals surface area contributed by atoms with Crippen molar-refractivity contribution >= 4 is 26.8 Å². The molecule has 0 saturated carbocycles. The number of fused-ring (bicyclic) bond motifs is 1. The normalized spacial score (nSPS) is 10.3. The van der Waals surface area contributed by atoms with Gasteiger partial charge in [0.25, 0.3) is 0 Å². The van der Waals surface area contributed by atoms with Crippen LogP contribution in [0.3, 0.4) is 0 Å². The quantitative estimate of drug-likeness (QED) is 0.727. The monoisotopic (exact) mass is 339 g/mol. The molecule has 0 fully saturated rings. The van der Waals surface area contributed by atoms with Gasteiger partial charge in [0, 0.05) is 10.0 Å². The van der Waals surface area contributed by atoms with E-state index in [1.807, 2.05) is 36.4 Å². The van der Waals surface area contributed by atoms with Crippen molar-refractivity contribution in [1.29, 1.82) is 5.26 Å². The number of ether oxygens (including phenoxy) is 1. The molecule has 0 aliphatic carbocycles. The van der Waals surface area contributed by atoms with E-state index in [4.69, 9.17) is 10.00 Å². The minimum Gasteiger partial charge on any atom is -0.472 e. The highest BCUT2D eigenvalue weighted by Gasteiger charge is 2.07. The molecule has 3 aromatic rings. The number of hydrogen-bond acceptors (Lipinski definition) is 4. The number of nitrogens with zero attached hydrogens (tertiary/aromatic N) is 3. The lowest BCUT2D eigenvalue weighted by atomic mass is 10.1. The molecule has 2 aromatic carbocycles. The maximum absolute atomic E-state index is 9.09. The number of aromatic nitrogens is 2. The first-order chi connectivity index (χ1) is 10.3. The van der Waals surface area contributed by atoms with Gasteiger partial charge < -0.3 is 4.74 Å². The fourth-order valence-electron chi connectivity index (χ4n) is 2.02. The molecule has 0 N–H and O–H groups in total. The molecule has 0 unspecified atom stereocenters. The third-order valence-electron chi connectivity index (χ3n) is 3.06. The van der Waals surface area contributed by atoms with Crippen molar-refractivity contribution in [3.05, 3.63) is 64.4 Å². The topological polar surface area (TPSA) is 58.8 Å².